The average Bonchev–Trinajstić information content (AvgIpc) is 2.31. The first-order valence-corrected chi connectivity index (χ1v) is 5.28. The Balaban J connectivity index is 2.58. The Kier molecular flexibility index (Phi) is 5.01. The van der Waals surface area contributed by atoms with Gasteiger partial charge < -0.3 is 9.47 Å². The number of benzene rings is 1. The highest BCUT2D eigenvalue weighted by molar-refractivity contribution is 5.88. The summed E-state index contributed by atoms with van der Waals surface area (Å²) in [4.78, 5) is 11.3. The Morgan fingerprint density at radius 3 is 2.53 bits per heavy atom. The topological polar surface area (TPSA) is 35.5 Å². The quantitative estimate of drug-likeness (QED) is 0.339. The van der Waals surface area contributed by atoms with Crippen LogP contribution in [0.3, 0.4) is 0 Å². The van der Waals surface area contributed by atoms with E-state index in [-0.39, 0.29) is 0 Å². The highest BCUT2D eigenvalue weighted by Gasteiger charge is 2.04. The Morgan fingerprint density at radius 2 is 2.00 bits per heavy atom. The molecular weight excluding hydrogens is 216 g/mol. The number of hydrogen-bond acceptors (Lipinski definition) is 3. The van der Waals surface area contributed by atoms with Gasteiger partial charge in [-0.2, -0.15) is 0 Å². The molecule has 0 fully saturated rings. The van der Waals surface area contributed by atoms with Crippen molar-refractivity contribution >= 4 is 5.97 Å². The SMILES string of the molecule is C=C(C)C(=O)Oc1ccc(CC=COC)cc1. The van der Waals surface area contributed by atoms with E-state index in [0.29, 0.717) is 11.3 Å². The molecule has 0 aliphatic heterocycles. The second-order valence-corrected chi connectivity index (χ2v) is 3.63. The lowest BCUT2D eigenvalue weighted by atomic mass is 10.1. The van der Waals surface area contributed by atoms with Gasteiger partial charge in [0.15, 0.2) is 0 Å². The van der Waals surface area contributed by atoms with Crippen LogP contribution >= 0.6 is 0 Å². The molecule has 3 heteroatoms. The molecule has 1 rings (SSSR count). The van der Waals surface area contributed by atoms with Crippen LogP contribution in [0.2, 0.25) is 0 Å². The molecule has 0 amide bonds. The van der Waals surface area contributed by atoms with E-state index in [1.54, 1.807) is 32.4 Å². The number of carbonyl (C=O) groups excluding carboxylic acids is 1. The number of ether oxygens (including phenoxy) is 2. The summed E-state index contributed by atoms with van der Waals surface area (Å²) in [6, 6.07) is 7.33. The van der Waals surface area contributed by atoms with Crippen molar-refractivity contribution in [1.29, 1.82) is 0 Å². The lowest BCUT2D eigenvalue weighted by Gasteiger charge is -2.04. The molecule has 0 N–H and O–H groups in total. The minimum Gasteiger partial charge on any atom is -0.505 e. The van der Waals surface area contributed by atoms with Gasteiger partial charge in [0.25, 0.3) is 0 Å². The molecule has 0 radical (unpaired) electrons. The fourth-order valence-corrected chi connectivity index (χ4v) is 1.17. The summed E-state index contributed by atoms with van der Waals surface area (Å²) >= 11 is 0. The van der Waals surface area contributed by atoms with E-state index >= 15 is 0 Å². The molecule has 17 heavy (non-hydrogen) atoms. The largest absolute Gasteiger partial charge is 0.505 e. The highest BCUT2D eigenvalue weighted by Crippen LogP contribution is 2.14. The van der Waals surface area contributed by atoms with Crippen molar-refractivity contribution in [3.05, 3.63) is 54.3 Å². The zero-order chi connectivity index (χ0) is 12.7. The number of hydrogen-bond donors (Lipinski definition) is 0. The molecule has 0 saturated carbocycles. The van der Waals surface area contributed by atoms with Crippen LogP contribution in [0.4, 0.5) is 0 Å². The number of allylic oxidation sites excluding steroid dienone is 1. The maximum atomic E-state index is 11.3. The second-order valence-electron chi connectivity index (χ2n) is 3.63. The van der Waals surface area contributed by atoms with Gasteiger partial charge in [0.05, 0.1) is 13.4 Å². The molecule has 0 spiro atoms. The molecule has 0 bridgehead atoms. The van der Waals surface area contributed by atoms with Crippen LogP contribution in [0.25, 0.3) is 0 Å². The summed E-state index contributed by atoms with van der Waals surface area (Å²) in [5.41, 5.74) is 1.51. The molecule has 0 aliphatic carbocycles. The number of carbonyl (C=O) groups is 1. The van der Waals surface area contributed by atoms with Gasteiger partial charge in [-0.15, -0.1) is 0 Å². The number of methoxy groups -OCH3 is 1. The zero-order valence-corrected chi connectivity index (χ0v) is 10.1. The first-order valence-electron chi connectivity index (χ1n) is 5.28. The number of rotatable bonds is 5. The van der Waals surface area contributed by atoms with Gasteiger partial charge in [0, 0.05) is 5.57 Å². The molecule has 0 aromatic heterocycles. The molecule has 1 aromatic carbocycles. The van der Waals surface area contributed by atoms with E-state index in [2.05, 4.69) is 6.58 Å². The maximum absolute atomic E-state index is 11.3. The predicted octanol–water partition coefficient (Wildman–Crippen LogP) is 2.87. The molecule has 0 unspecified atom stereocenters. The van der Waals surface area contributed by atoms with Crippen molar-refractivity contribution < 1.29 is 14.3 Å². The van der Waals surface area contributed by atoms with Gasteiger partial charge in [-0.25, -0.2) is 4.79 Å². The summed E-state index contributed by atoms with van der Waals surface area (Å²) in [5, 5.41) is 0. The van der Waals surface area contributed by atoms with Crippen LogP contribution in [-0.4, -0.2) is 13.1 Å². The van der Waals surface area contributed by atoms with Crippen molar-refractivity contribution in [3.63, 3.8) is 0 Å². The lowest BCUT2D eigenvalue weighted by molar-refractivity contribution is -0.130. The van der Waals surface area contributed by atoms with E-state index in [1.165, 1.54) is 0 Å². The molecule has 0 saturated heterocycles. The van der Waals surface area contributed by atoms with Gasteiger partial charge in [0.1, 0.15) is 5.75 Å². The van der Waals surface area contributed by atoms with E-state index in [0.717, 1.165) is 12.0 Å². The normalized spacial score (nSPS) is 10.2. The van der Waals surface area contributed by atoms with Crippen LogP contribution in [0.15, 0.2) is 48.8 Å². The van der Waals surface area contributed by atoms with Gasteiger partial charge in [-0.3, -0.25) is 0 Å². The Labute approximate surface area is 101 Å². The van der Waals surface area contributed by atoms with Crippen molar-refractivity contribution in [3.8, 4) is 5.75 Å². The van der Waals surface area contributed by atoms with Crippen LogP contribution in [0.1, 0.15) is 12.5 Å². The summed E-state index contributed by atoms with van der Waals surface area (Å²) in [7, 11) is 1.61. The van der Waals surface area contributed by atoms with Gasteiger partial charge in [-0.1, -0.05) is 18.7 Å². The summed E-state index contributed by atoms with van der Waals surface area (Å²) in [6.45, 7) is 5.14. The first kappa shape index (κ1) is 13.0. The van der Waals surface area contributed by atoms with E-state index in [9.17, 15) is 4.79 Å². The van der Waals surface area contributed by atoms with Crippen LogP contribution in [-0.2, 0) is 16.0 Å². The van der Waals surface area contributed by atoms with Gasteiger partial charge in [0.2, 0.25) is 0 Å². The minimum atomic E-state index is -0.406. The summed E-state index contributed by atoms with van der Waals surface area (Å²) in [6.07, 6.45) is 4.33. The van der Waals surface area contributed by atoms with Gasteiger partial charge in [-0.05, 0) is 37.1 Å². The van der Waals surface area contributed by atoms with Gasteiger partial charge >= 0.3 is 5.97 Å². The van der Waals surface area contributed by atoms with Crippen LogP contribution < -0.4 is 4.74 Å². The standard InChI is InChI=1S/C14H16O3/c1-11(2)14(15)17-13-8-6-12(7-9-13)5-4-10-16-3/h4,6-10H,1,5H2,2-3H3. The van der Waals surface area contributed by atoms with Crippen molar-refractivity contribution in [2.75, 3.05) is 7.11 Å². The highest BCUT2D eigenvalue weighted by atomic mass is 16.5. The fourth-order valence-electron chi connectivity index (χ4n) is 1.17. The monoisotopic (exact) mass is 232 g/mol. The zero-order valence-electron chi connectivity index (χ0n) is 10.1. The molecule has 0 heterocycles. The molecule has 1 aromatic rings. The Morgan fingerprint density at radius 1 is 1.35 bits per heavy atom. The predicted molar refractivity (Wildman–Crippen MR) is 66.7 cm³/mol. The Hall–Kier alpha value is -2.03. The first-order chi connectivity index (χ1) is 8.13. The van der Waals surface area contributed by atoms with E-state index < -0.39 is 5.97 Å². The Bertz CT molecular complexity index is 416. The van der Waals surface area contributed by atoms with E-state index in [4.69, 9.17) is 9.47 Å². The minimum absolute atomic E-state index is 0.386. The van der Waals surface area contributed by atoms with Crippen molar-refractivity contribution in [2.24, 2.45) is 0 Å². The van der Waals surface area contributed by atoms with Crippen LogP contribution in [0.5, 0.6) is 5.75 Å². The smallest absolute Gasteiger partial charge is 0.338 e. The van der Waals surface area contributed by atoms with Crippen molar-refractivity contribution in [2.45, 2.75) is 13.3 Å². The third-order valence-electron chi connectivity index (χ3n) is 2.07. The summed E-state index contributed by atoms with van der Waals surface area (Å²) < 4.78 is 9.88. The third-order valence-corrected chi connectivity index (χ3v) is 2.07. The maximum Gasteiger partial charge on any atom is 0.338 e. The third kappa shape index (κ3) is 4.55. The molecular formula is C14H16O3. The van der Waals surface area contributed by atoms with Crippen molar-refractivity contribution in [1.82, 2.24) is 0 Å². The molecule has 3 nitrogen and oxygen atoms in total. The molecule has 0 atom stereocenters. The van der Waals surface area contributed by atoms with Crippen LogP contribution in [0, 0.1) is 0 Å². The summed E-state index contributed by atoms with van der Waals surface area (Å²) in [5.74, 6) is 0.120. The fraction of sp³-hybridized carbons (Fsp3) is 0.214. The average molecular weight is 232 g/mol. The van der Waals surface area contributed by atoms with E-state index in [1.807, 2.05) is 18.2 Å². The lowest BCUT2D eigenvalue weighted by Crippen LogP contribution is -2.07. The number of esters is 1. The molecule has 90 valence electrons. The molecule has 0 aliphatic rings. The second kappa shape index (κ2) is 6.53.